The van der Waals surface area contributed by atoms with E-state index < -0.39 is 4.92 Å². The maximum absolute atomic E-state index is 11.1. The molecule has 1 aromatic rings. The fourth-order valence-corrected chi connectivity index (χ4v) is 2.67. The van der Waals surface area contributed by atoms with Crippen LogP contribution in [0.25, 0.3) is 0 Å². The van der Waals surface area contributed by atoms with Crippen LogP contribution in [0.15, 0.2) is 16.9 Å². The van der Waals surface area contributed by atoms with Gasteiger partial charge in [0.15, 0.2) is 0 Å². The maximum atomic E-state index is 11.1. The van der Waals surface area contributed by atoms with Crippen LogP contribution in [-0.2, 0) is 0 Å². The van der Waals surface area contributed by atoms with Crippen molar-refractivity contribution in [2.24, 2.45) is 0 Å². The molecule has 98 valence electrons. The van der Waals surface area contributed by atoms with E-state index >= 15 is 0 Å². The molecule has 1 aromatic heterocycles. The second kappa shape index (κ2) is 5.62. The molecule has 1 N–H and O–H groups in total. The molecule has 1 aliphatic carbocycles. The van der Waals surface area contributed by atoms with Crippen LogP contribution >= 0.6 is 15.9 Å². The minimum Gasteiger partial charge on any atom is -0.395 e. The zero-order chi connectivity index (χ0) is 13.1. The molecule has 0 bridgehead atoms. The van der Waals surface area contributed by atoms with Crippen LogP contribution in [0.2, 0.25) is 0 Å². The Bertz CT molecular complexity index is 451. The topological polar surface area (TPSA) is 79.5 Å². The van der Waals surface area contributed by atoms with Gasteiger partial charge in [0.2, 0.25) is 0 Å². The highest BCUT2D eigenvalue weighted by molar-refractivity contribution is 9.10. The zero-order valence-corrected chi connectivity index (χ0v) is 11.3. The van der Waals surface area contributed by atoms with E-state index in [-0.39, 0.29) is 18.3 Å². The molecule has 2 rings (SSSR count). The number of aliphatic hydroxyl groups is 1. The molecule has 1 aliphatic rings. The first kappa shape index (κ1) is 13.2. The SMILES string of the molecule is O=[N+]([O-])c1cncc(Br)c1N(CCO)C1CCC1. The number of hydrogen-bond donors (Lipinski definition) is 1. The average Bonchev–Trinajstić information content (AvgIpc) is 2.25. The lowest BCUT2D eigenvalue weighted by Gasteiger charge is -2.38. The van der Waals surface area contributed by atoms with Crippen LogP contribution in [0.3, 0.4) is 0 Å². The Kier molecular flexibility index (Phi) is 4.13. The van der Waals surface area contributed by atoms with Crippen molar-refractivity contribution in [3.63, 3.8) is 0 Å². The molecule has 0 spiro atoms. The van der Waals surface area contributed by atoms with Gasteiger partial charge in [0.05, 0.1) is 16.0 Å². The first-order valence-corrected chi connectivity index (χ1v) is 6.60. The lowest BCUT2D eigenvalue weighted by Crippen LogP contribution is -2.42. The van der Waals surface area contributed by atoms with Gasteiger partial charge in [-0.05, 0) is 35.2 Å². The van der Waals surface area contributed by atoms with Crippen molar-refractivity contribution in [1.29, 1.82) is 0 Å². The zero-order valence-electron chi connectivity index (χ0n) is 9.75. The minimum atomic E-state index is -0.434. The highest BCUT2D eigenvalue weighted by Gasteiger charge is 2.31. The number of nitro groups is 1. The number of anilines is 1. The fraction of sp³-hybridized carbons (Fsp3) is 0.545. The normalized spacial score (nSPS) is 15.2. The first-order valence-electron chi connectivity index (χ1n) is 5.80. The summed E-state index contributed by atoms with van der Waals surface area (Å²) in [6.07, 6.45) is 5.94. The number of nitrogens with zero attached hydrogens (tertiary/aromatic N) is 3. The summed E-state index contributed by atoms with van der Waals surface area (Å²) in [6, 6.07) is 0.273. The first-order chi connectivity index (χ1) is 8.65. The van der Waals surface area contributed by atoms with Gasteiger partial charge in [-0.2, -0.15) is 0 Å². The Morgan fingerprint density at radius 1 is 1.56 bits per heavy atom. The molecule has 1 heterocycles. The van der Waals surface area contributed by atoms with Gasteiger partial charge in [-0.25, -0.2) is 0 Å². The Labute approximate surface area is 113 Å². The third-order valence-corrected chi connectivity index (χ3v) is 3.77. The molecule has 0 amide bonds. The van der Waals surface area contributed by atoms with E-state index in [9.17, 15) is 10.1 Å². The number of pyridine rings is 1. The van der Waals surface area contributed by atoms with E-state index in [0.29, 0.717) is 16.7 Å². The second-order valence-electron chi connectivity index (χ2n) is 4.25. The summed E-state index contributed by atoms with van der Waals surface area (Å²) in [5, 5.41) is 20.2. The van der Waals surface area contributed by atoms with Gasteiger partial charge in [0, 0.05) is 18.8 Å². The summed E-state index contributed by atoms with van der Waals surface area (Å²) in [5.41, 5.74) is 0.499. The van der Waals surface area contributed by atoms with Crippen molar-refractivity contribution in [3.05, 3.63) is 27.0 Å². The Morgan fingerprint density at radius 2 is 2.28 bits per heavy atom. The molecular formula is C11H14BrN3O3. The van der Waals surface area contributed by atoms with Crippen LogP contribution in [0.1, 0.15) is 19.3 Å². The number of aliphatic hydroxyl groups excluding tert-OH is 1. The van der Waals surface area contributed by atoms with Gasteiger partial charge < -0.3 is 10.0 Å². The van der Waals surface area contributed by atoms with Crippen LogP contribution in [0, 0.1) is 10.1 Å². The standard InChI is InChI=1S/C11H14BrN3O3/c12-9-6-13-7-10(15(17)18)11(9)14(4-5-16)8-2-1-3-8/h6-8,16H,1-5H2. The second-order valence-corrected chi connectivity index (χ2v) is 5.10. The van der Waals surface area contributed by atoms with Crippen LogP contribution in [0.4, 0.5) is 11.4 Å². The summed E-state index contributed by atoms with van der Waals surface area (Å²) in [6.45, 7) is 0.372. The molecule has 1 fully saturated rings. The minimum absolute atomic E-state index is 0.0234. The highest BCUT2D eigenvalue weighted by Crippen LogP contribution is 2.39. The Morgan fingerprint density at radius 3 is 2.78 bits per heavy atom. The summed E-state index contributed by atoms with van der Waals surface area (Å²) in [7, 11) is 0. The predicted molar refractivity (Wildman–Crippen MR) is 70.7 cm³/mol. The molecule has 18 heavy (non-hydrogen) atoms. The van der Waals surface area contributed by atoms with Crippen LogP contribution < -0.4 is 4.90 Å². The summed E-state index contributed by atoms with van der Waals surface area (Å²) < 4.78 is 0.594. The molecule has 6 nitrogen and oxygen atoms in total. The van der Waals surface area contributed by atoms with E-state index in [1.165, 1.54) is 6.20 Å². The molecule has 7 heteroatoms. The van der Waals surface area contributed by atoms with E-state index in [4.69, 9.17) is 5.11 Å². The van der Waals surface area contributed by atoms with Crippen molar-refractivity contribution in [2.75, 3.05) is 18.1 Å². The number of aromatic nitrogens is 1. The van der Waals surface area contributed by atoms with Crippen molar-refractivity contribution in [1.82, 2.24) is 4.98 Å². The lowest BCUT2D eigenvalue weighted by molar-refractivity contribution is -0.384. The summed E-state index contributed by atoms with van der Waals surface area (Å²) in [5.74, 6) is 0. The Hall–Kier alpha value is -1.21. The van der Waals surface area contributed by atoms with E-state index in [0.717, 1.165) is 19.3 Å². The maximum Gasteiger partial charge on any atom is 0.311 e. The summed E-state index contributed by atoms with van der Waals surface area (Å²) in [4.78, 5) is 16.4. The molecule has 0 aromatic carbocycles. The lowest BCUT2D eigenvalue weighted by atomic mass is 9.91. The third kappa shape index (κ3) is 2.46. The molecule has 0 aliphatic heterocycles. The van der Waals surface area contributed by atoms with Crippen molar-refractivity contribution >= 4 is 27.3 Å². The predicted octanol–water partition coefficient (Wildman–Crippen LogP) is 2.10. The summed E-state index contributed by atoms with van der Waals surface area (Å²) >= 11 is 3.32. The Balaban J connectivity index is 2.41. The van der Waals surface area contributed by atoms with Gasteiger partial charge in [0.1, 0.15) is 11.9 Å². The van der Waals surface area contributed by atoms with Crippen LogP contribution in [0.5, 0.6) is 0 Å². The molecule has 0 radical (unpaired) electrons. The van der Waals surface area contributed by atoms with Crippen molar-refractivity contribution in [2.45, 2.75) is 25.3 Å². The molecule has 0 atom stereocenters. The van der Waals surface area contributed by atoms with Gasteiger partial charge in [-0.3, -0.25) is 15.1 Å². The largest absolute Gasteiger partial charge is 0.395 e. The number of rotatable bonds is 5. The van der Waals surface area contributed by atoms with E-state index in [2.05, 4.69) is 20.9 Å². The molecular weight excluding hydrogens is 302 g/mol. The number of halogens is 1. The average molecular weight is 316 g/mol. The van der Waals surface area contributed by atoms with E-state index in [1.54, 1.807) is 6.20 Å². The smallest absolute Gasteiger partial charge is 0.311 e. The molecule has 0 saturated heterocycles. The number of hydrogen-bond acceptors (Lipinski definition) is 5. The molecule has 1 saturated carbocycles. The van der Waals surface area contributed by atoms with Crippen LogP contribution in [-0.4, -0.2) is 34.2 Å². The van der Waals surface area contributed by atoms with E-state index in [1.807, 2.05) is 4.90 Å². The van der Waals surface area contributed by atoms with Crippen molar-refractivity contribution in [3.8, 4) is 0 Å². The molecule has 0 unspecified atom stereocenters. The third-order valence-electron chi connectivity index (χ3n) is 3.19. The van der Waals surface area contributed by atoms with Gasteiger partial charge in [-0.1, -0.05) is 0 Å². The highest BCUT2D eigenvalue weighted by atomic mass is 79.9. The van der Waals surface area contributed by atoms with Gasteiger partial charge >= 0.3 is 5.69 Å². The monoisotopic (exact) mass is 315 g/mol. The van der Waals surface area contributed by atoms with Gasteiger partial charge in [0.25, 0.3) is 0 Å². The van der Waals surface area contributed by atoms with Crippen molar-refractivity contribution < 1.29 is 10.0 Å². The fourth-order valence-electron chi connectivity index (χ4n) is 2.12. The quantitative estimate of drug-likeness (QED) is 0.665. The van der Waals surface area contributed by atoms with Gasteiger partial charge in [-0.15, -0.1) is 0 Å².